The van der Waals surface area contributed by atoms with Gasteiger partial charge in [-0.25, -0.2) is 9.97 Å². The molecule has 2 unspecified atom stereocenters. The number of piperazine rings is 2. The molecule has 6 heterocycles. The van der Waals surface area contributed by atoms with E-state index in [1.54, 1.807) is 0 Å². The van der Waals surface area contributed by atoms with Gasteiger partial charge in [-0.1, -0.05) is 65.1 Å². The summed E-state index contributed by atoms with van der Waals surface area (Å²) < 4.78 is 31.1. The van der Waals surface area contributed by atoms with Crippen LogP contribution in [0.4, 0.5) is 29.1 Å². The van der Waals surface area contributed by atoms with Crippen LogP contribution in [-0.4, -0.2) is 104 Å². The van der Waals surface area contributed by atoms with E-state index in [-0.39, 0.29) is 12.1 Å². The molecule has 10 rings (SSSR count). The second-order valence-corrected chi connectivity index (χ2v) is 20.0. The zero-order chi connectivity index (χ0) is 41.9. The molecule has 0 amide bonds. The highest BCUT2D eigenvalue weighted by atomic mass is 35.5. The van der Waals surface area contributed by atoms with Crippen LogP contribution in [0.25, 0.3) is 0 Å². The Hall–Kier alpha value is -4.05. The van der Waals surface area contributed by atoms with Crippen LogP contribution in [0.5, 0.6) is 0 Å². The first kappa shape index (κ1) is 42.3. The molecule has 4 aliphatic heterocycles. The minimum atomic E-state index is -1.07. The number of fused-ring (bicyclic) bond motifs is 2. The van der Waals surface area contributed by atoms with Gasteiger partial charge in [-0.05, 0) is 73.4 Å². The van der Waals surface area contributed by atoms with Crippen LogP contribution in [-0.2, 0) is 45.8 Å². The maximum atomic E-state index is 12.9. The van der Waals surface area contributed by atoms with Crippen LogP contribution in [0, 0.1) is 0 Å². The summed E-state index contributed by atoms with van der Waals surface area (Å²) in [5.41, 5.74) is 5.29. The Bertz CT molecular complexity index is 2370. The summed E-state index contributed by atoms with van der Waals surface area (Å²) in [6, 6.07) is 26.3. The first-order chi connectivity index (χ1) is 29.8. The SMILES string of the molecule is O=S1CCc2nc(N3CCN(c4ccc(Cl)cc4)CC3)nc(Cl)c21.O=S1CCc2nc(N3CCN(c4ccc(Cl)cc4)CC3)nc(N[C@@H]3CCC[C@H]3OCc3ccccc3)c21. The van der Waals surface area contributed by atoms with Crippen molar-refractivity contribution >= 4 is 85.5 Å². The standard InChI is InChI=1S/C28H32ClN5O2S.C16H16Cl2N4OS/c29-21-9-11-22(12-10-21)33-14-16-34(17-15-33)28-31-24-13-18-37(35)26(24)27(32-28)30-23-7-4-8-25(23)36-19-20-5-2-1-3-6-20;17-11-1-3-12(4-2-11)21-6-8-22(9-7-21)16-19-13-5-10-24(23)14(13)15(18)20-16/h1-3,5-6,9-12,23,25H,4,7-8,13-19H2,(H,30,31,32);1-4H,5-10H2/t23-,25-,37?;/m1./s1. The molecule has 17 heteroatoms. The Kier molecular flexibility index (Phi) is 13.3. The van der Waals surface area contributed by atoms with Crippen molar-refractivity contribution in [2.75, 3.05) is 88.8 Å². The van der Waals surface area contributed by atoms with E-state index in [0.29, 0.717) is 40.5 Å². The molecule has 3 aromatic carbocycles. The average molecular weight is 921 g/mol. The molecule has 0 spiro atoms. The molecule has 2 aromatic heterocycles. The molecule has 1 saturated carbocycles. The lowest BCUT2D eigenvalue weighted by atomic mass is 10.2. The Morgan fingerprint density at radius 3 is 1.69 bits per heavy atom. The van der Waals surface area contributed by atoms with Crippen molar-refractivity contribution in [2.24, 2.45) is 0 Å². The lowest BCUT2D eigenvalue weighted by molar-refractivity contribution is 0.0393. The number of hydrogen-bond acceptors (Lipinski definition) is 12. The first-order valence-corrected chi connectivity index (χ1v) is 24.7. The van der Waals surface area contributed by atoms with E-state index in [4.69, 9.17) is 49.5 Å². The number of anilines is 5. The number of aryl methyl sites for hydroxylation is 2. The van der Waals surface area contributed by atoms with Gasteiger partial charge in [0.05, 0.1) is 56.6 Å². The summed E-state index contributed by atoms with van der Waals surface area (Å²) in [5, 5.41) is 5.49. The molecule has 5 aromatic rings. The Morgan fingerprint density at radius 1 is 0.607 bits per heavy atom. The maximum absolute atomic E-state index is 12.9. The molecule has 2 saturated heterocycles. The predicted octanol–water partition coefficient (Wildman–Crippen LogP) is 7.44. The Labute approximate surface area is 376 Å². The molecule has 0 bridgehead atoms. The summed E-state index contributed by atoms with van der Waals surface area (Å²) in [5.74, 6) is 3.32. The van der Waals surface area contributed by atoms with Gasteiger partial charge >= 0.3 is 0 Å². The highest BCUT2D eigenvalue weighted by molar-refractivity contribution is 7.85. The van der Waals surface area contributed by atoms with Crippen molar-refractivity contribution in [1.29, 1.82) is 0 Å². The van der Waals surface area contributed by atoms with Gasteiger partial charge in [0.25, 0.3) is 0 Å². The second-order valence-electron chi connectivity index (χ2n) is 15.8. The molecule has 3 fully saturated rings. The van der Waals surface area contributed by atoms with Gasteiger partial charge in [0, 0.05) is 98.1 Å². The lowest BCUT2D eigenvalue weighted by Gasteiger charge is -2.36. The van der Waals surface area contributed by atoms with E-state index in [1.807, 2.05) is 54.6 Å². The number of nitrogens with zero attached hydrogens (tertiary/aromatic N) is 8. The molecule has 5 aliphatic rings. The molecule has 1 aliphatic carbocycles. The van der Waals surface area contributed by atoms with Gasteiger partial charge in [-0.3, -0.25) is 8.42 Å². The van der Waals surface area contributed by atoms with Crippen molar-refractivity contribution in [3.8, 4) is 0 Å². The predicted molar refractivity (Wildman–Crippen MR) is 247 cm³/mol. The number of ether oxygens (including phenoxy) is 1. The largest absolute Gasteiger partial charge is 0.371 e. The minimum Gasteiger partial charge on any atom is -0.371 e. The van der Waals surface area contributed by atoms with Gasteiger partial charge in [0.2, 0.25) is 11.9 Å². The molecule has 1 N–H and O–H groups in total. The van der Waals surface area contributed by atoms with Crippen LogP contribution in [0.3, 0.4) is 0 Å². The van der Waals surface area contributed by atoms with E-state index in [0.717, 1.165) is 116 Å². The normalized spacial score (nSPS) is 22.1. The smallest absolute Gasteiger partial charge is 0.227 e. The van der Waals surface area contributed by atoms with E-state index >= 15 is 0 Å². The average Bonchev–Trinajstić information content (AvgIpc) is 4.02. The van der Waals surface area contributed by atoms with E-state index in [2.05, 4.69) is 59.1 Å². The van der Waals surface area contributed by atoms with E-state index in [9.17, 15) is 8.42 Å². The molecule has 320 valence electrons. The zero-order valence-corrected chi connectivity index (χ0v) is 37.6. The fourth-order valence-corrected chi connectivity index (χ4v) is 11.8. The van der Waals surface area contributed by atoms with Gasteiger partial charge < -0.3 is 29.7 Å². The third kappa shape index (κ3) is 9.79. The van der Waals surface area contributed by atoms with Crippen molar-refractivity contribution in [2.45, 2.75) is 60.6 Å². The fraction of sp³-hybridized carbons (Fsp3) is 0.409. The van der Waals surface area contributed by atoms with Crippen LogP contribution < -0.4 is 24.9 Å². The number of aromatic nitrogens is 4. The van der Waals surface area contributed by atoms with Gasteiger partial charge in [0.15, 0.2) is 5.15 Å². The van der Waals surface area contributed by atoms with Gasteiger partial charge in [0.1, 0.15) is 10.7 Å². The van der Waals surface area contributed by atoms with Crippen molar-refractivity contribution in [3.05, 3.63) is 111 Å². The highest BCUT2D eigenvalue weighted by Gasteiger charge is 2.34. The fourth-order valence-electron chi connectivity index (χ4n) is 8.58. The maximum Gasteiger partial charge on any atom is 0.227 e. The Balaban J connectivity index is 0.000000171. The summed E-state index contributed by atoms with van der Waals surface area (Å²) in [6.45, 7) is 7.43. The van der Waals surface area contributed by atoms with Crippen LogP contribution in [0.1, 0.15) is 36.2 Å². The van der Waals surface area contributed by atoms with E-state index in [1.165, 1.54) is 16.9 Å². The molecular formula is C44H48Cl3N9O3S2. The molecule has 12 nitrogen and oxygen atoms in total. The quantitative estimate of drug-likeness (QED) is 0.148. The van der Waals surface area contributed by atoms with E-state index < -0.39 is 21.6 Å². The number of nitrogens with one attached hydrogen (secondary N) is 1. The lowest BCUT2D eigenvalue weighted by Crippen LogP contribution is -2.47. The third-order valence-corrected chi connectivity index (χ3v) is 15.7. The molecule has 0 radical (unpaired) electrons. The number of halogens is 3. The molecule has 61 heavy (non-hydrogen) atoms. The highest BCUT2D eigenvalue weighted by Crippen LogP contribution is 2.34. The minimum absolute atomic E-state index is 0.104. The van der Waals surface area contributed by atoms with Crippen LogP contribution in [0.15, 0.2) is 88.7 Å². The summed E-state index contributed by atoms with van der Waals surface area (Å²) in [7, 11) is -2.12. The molecule has 4 atom stereocenters. The van der Waals surface area contributed by atoms with Crippen molar-refractivity contribution < 1.29 is 13.2 Å². The summed E-state index contributed by atoms with van der Waals surface area (Å²) in [4.78, 5) is 29.3. The number of benzene rings is 3. The van der Waals surface area contributed by atoms with Crippen LogP contribution >= 0.6 is 34.8 Å². The van der Waals surface area contributed by atoms with Crippen molar-refractivity contribution in [1.82, 2.24) is 19.9 Å². The number of hydrogen-bond donors (Lipinski definition) is 1. The van der Waals surface area contributed by atoms with Gasteiger partial charge in [-0.2, -0.15) is 9.97 Å². The Morgan fingerprint density at radius 2 is 1.11 bits per heavy atom. The van der Waals surface area contributed by atoms with Gasteiger partial charge in [-0.15, -0.1) is 0 Å². The summed E-state index contributed by atoms with van der Waals surface area (Å²) >= 11 is 18.2. The van der Waals surface area contributed by atoms with Crippen molar-refractivity contribution in [3.63, 3.8) is 0 Å². The monoisotopic (exact) mass is 919 g/mol. The third-order valence-electron chi connectivity index (χ3n) is 11.9. The topological polar surface area (TPSA) is 120 Å². The number of rotatable bonds is 9. The van der Waals surface area contributed by atoms with Crippen LogP contribution in [0.2, 0.25) is 15.2 Å². The summed E-state index contributed by atoms with van der Waals surface area (Å²) in [6.07, 6.45) is 4.68. The molecular weight excluding hydrogens is 873 g/mol. The first-order valence-electron chi connectivity index (χ1n) is 20.9. The second kappa shape index (κ2) is 19.1. The zero-order valence-electron chi connectivity index (χ0n) is 33.7.